The Labute approximate surface area is 113 Å². The van der Waals surface area contributed by atoms with Gasteiger partial charge in [-0.25, -0.2) is 0 Å². The summed E-state index contributed by atoms with van der Waals surface area (Å²) in [7, 11) is -1.50. The molecular weight excluding hydrogens is 241 g/mol. The second kappa shape index (κ2) is 4.51. The summed E-state index contributed by atoms with van der Waals surface area (Å²) in [6.07, 6.45) is 2.02. The molecule has 1 heterocycles. The van der Waals surface area contributed by atoms with Crippen LogP contribution in [0.5, 0.6) is 0 Å². The van der Waals surface area contributed by atoms with Crippen LogP contribution in [0, 0.1) is 0 Å². The molecule has 0 atom stereocenters. The molecule has 0 saturated carbocycles. The number of hydrogen-bond donors (Lipinski definition) is 2. The quantitative estimate of drug-likeness (QED) is 0.737. The van der Waals surface area contributed by atoms with Gasteiger partial charge in [-0.05, 0) is 37.9 Å². The number of hydrogen-bond acceptors (Lipinski definition) is 3. The number of rotatable bonds is 1. The van der Waals surface area contributed by atoms with Crippen LogP contribution in [0.4, 0.5) is 5.69 Å². The lowest BCUT2D eigenvalue weighted by molar-refractivity contribution is -0.117. The van der Waals surface area contributed by atoms with Crippen LogP contribution in [0.25, 0.3) is 5.57 Å². The average Bonchev–Trinajstić information content (AvgIpc) is 2.26. The summed E-state index contributed by atoms with van der Waals surface area (Å²) >= 11 is 0. The van der Waals surface area contributed by atoms with E-state index in [1.54, 1.807) is 23.1 Å². The maximum Gasteiger partial charge on any atom is 0.488 e. The normalized spacial score (nSPS) is 16.7. The van der Waals surface area contributed by atoms with Crippen LogP contribution >= 0.6 is 0 Å². The number of nitrogens with zero attached hydrogens (tertiary/aromatic N) is 1. The van der Waals surface area contributed by atoms with E-state index in [9.17, 15) is 14.8 Å². The summed E-state index contributed by atoms with van der Waals surface area (Å²) < 4.78 is 0. The summed E-state index contributed by atoms with van der Waals surface area (Å²) in [6.45, 7) is 7.46. The highest BCUT2D eigenvalue weighted by Gasteiger charge is 2.34. The molecule has 0 aromatic heterocycles. The lowest BCUT2D eigenvalue weighted by Gasteiger charge is -2.41. The summed E-state index contributed by atoms with van der Waals surface area (Å²) in [6, 6.07) is 5.12. The van der Waals surface area contributed by atoms with Crippen LogP contribution in [0.1, 0.15) is 33.3 Å². The molecule has 1 amide bonds. The Morgan fingerprint density at radius 1 is 1.32 bits per heavy atom. The molecule has 0 spiro atoms. The smallest absolute Gasteiger partial charge is 0.423 e. The van der Waals surface area contributed by atoms with Crippen LogP contribution < -0.4 is 10.4 Å². The number of carbonyl (C=O) groups is 1. The highest BCUT2D eigenvalue weighted by Crippen LogP contribution is 2.38. The molecule has 4 nitrogen and oxygen atoms in total. The van der Waals surface area contributed by atoms with E-state index in [1.165, 1.54) is 6.92 Å². The van der Waals surface area contributed by atoms with Gasteiger partial charge in [0.2, 0.25) is 5.91 Å². The minimum absolute atomic E-state index is 0.0349. The SMILES string of the molecule is CC(=O)N1c2ccc(B(O)O)cc2C(C)=CC1(C)C. The monoisotopic (exact) mass is 259 g/mol. The van der Waals surface area contributed by atoms with Gasteiger partial charge in [0.15, 0.2) is 0 Å². The topological polar surface area (TPSA) is 60.8 Å². The first-order valence-corrected chi connectivity index (χ1v) is 6.25. The maximum absolute atomic E-state index is 11.9. The highest BCUT2D eigenvalue weighted by atomic mass is 16.4. The van der Waals surface area contributed by atoms with E-state index in [0.29, 0.717) is 5.46 Å². The Kier molecular flexibility index (Phi) is 3.28. The van der Waals surface area contributed by atoms with Crippen molar-refractivity contribution in [2.75, 3.05) is 4.90 Å². The molecule has 0 aliphatic carbocycles. The Hall–Kier alpha value is -1.59. The van der Waals surface area contributed by atoms with Crippen LogP contribution in [-0.4, -0.2) is 28.6 Å². The van der Waals surface area contributed by atoms with Gasteiger partial charge in [-0.1, -0.05) is 18.2 Å². The number of amides is 1. The van der Waals surface area contributed by atoms with Crippen molar-refractivity contribution in [2.24, 2.45) is 0 Å². The maximum atomic E-state index is 11.9. The zero-order chi connectivity index (χ0) is 14.4. The first-order chi connectivity index (χ1) is 8.74. The van der Waals surface area contributed by atoms with E-state index in [2.05, 4.69) is 0 Å². The van der Waals surface area contributed by atoms with Gasteiger partial charge in [0.05, 0.1) is 11.2 Å². The van der Waals surface area contributed by atoms with Crippen molar-refractivity contribution in [1.29, 1.82) is 0 Å². The van der Waals surface area contributed by atoms with E-state index >= 15 is 0 Å². The first-order valence-electron chi connectivity index (χ1n) is 6.25. The van der Waals surface area contributed by atoms with Crippen molar-refractivity contribution in [3.05, 3.63) is 29.8 Å². The second-order valence-electron chi connectivity index (χ2n) is 5.49. The van der Waals surface area contributed by atoms with Gasteiger partial charge >= 0.3 is 7.12 Å². The van der Waals surface area contributed by atoms with Crippen molar-refractivity contribution in [2.45, 2.75) is 33.2 Å². The number of carbonyl (C=O) groups excluding carboxylic acids is 1. The molecule has 1 aliphatic heterocycles. The van der Waals surface area contributed by atoms with E-state index in [4.69, 9.17) is 0 Å². The fourth-order valence-electron chi connectivity index (χ4n) is 2.78. The molecule has 1 aromatic rings. The van der Waals surface area contributed by atoms with Crippen LogP contribution in [0.2, 0.25) is 0 Å². The van der Waals surface area contributed by atoms with Crippen LogP contribution in [0.15, 0.2) is 24.3 Å². The van der Waals surface area contributed by atoms with Crippen molar-refractivity contribution < 1.29 is 14.8 Å². The second-order valence-corrected chi connectivity index (χ2v) is 5.49. The molecule has 0 saturated heterocycles. The summed E-state index contributed by atoms with van der Waals surface area (Å²) in [4.78, 5) is 13.6. The van der Waals surface area contributed by atoms with Gasteiger partial charge in [0.25, 0.3) is 0 Å². The van der Waals surface area contributed by atoms with E-state index in [1.807, 2.05) is 26.8 Å². The number of anilines is 1. The number of benzene rings is 1. The van der Waals surface area contributed by atoms with Gasteiger partial charge in [-0.3, -0.25) is 4.79 Å². The molecule has 19 heavy (non-hydrogen) atoms. The third-order valence-electron chi connectivity index (χ3n) is 3.45. The van der Waals surface area contributed by atoms with E-state index in [-0.39, 0.29) is 11.4 Å². The largest absolute Gasteiger partial charge is 0.488 e. The molecule has 2 rings (SSSR count). The highest BCUT2D eigenvalue weighted by molar-refractivity contribution is 6.58. The fraction of sp³-hybridized carbons (Fsp3) is 0.357. The minimum atomic E-state index is -1.50. The Balaban J connectivity index is 2.65. The Morgan fingerprint density at radius 2 is 1.95 bits per heavy atom. The van der Waals surface area contributed by atoms with Gasteiger partial charge < -0.3 is 14.9 Å². The van der Waals surface area contributed by atoms with Gasteiger partial charge in [0, 0.05) is 12.5 Å². The number of allylic oxidation sites excluding steroid dienone is 1. The third kappa shape index (κ3) is 2.31. The zero-order valence-corrected chi connectivity index (χ0v) is 11.6. The molecule has 0 bridgehead atoms. The standard InChI is InChI=1S/C14H18BNO3/c1-9-8-14(3,4)16(10(2)17)13-6-5-11(15(18)19)7-12(9)13/h5-8,18-19H,1-4H3. The lowest BCUT2D eigenvalue weighted by atomic mass is 9.77. The predicted molar refractivity (Wildman–Crippen MR) is 77.2 cm³/mol. The third-order valence-corrected chi connectivity index (χ3v) is 3.45. The van der Waals surface area contributed by atoms with Crippen LogP contribution in [-0.2, 0) is 4.79 Å². The molecular formula is C14H18BNO3. The zero-order valence-electron chi connectivity index (χ0n) is 11.6. The molecule has 0 fully saturated rings. The first kappa shape index (κ1) is 13.8. The molecule has 5 heteroatoms. The van der Waals surface area contributed by atoms with Gasteiger partial charge in [-0.2, -0.15) is 0 Å². The van der Waals surface area contributed by atoms with Crippen molar-refractivity contribution in [3.63, 3.8) is 0 Å². The molecule has 0 radical (unpaired) electrons. The Morgan fingerprint density at radius 3 is 2.47 bits per heavy atom. The van der Waals surface area contributed by atoms with Crippen molar-refractivity contribution >= 4 is 29.7 Å². The van der Waals surface area contributed by atoms with Crippen molar-refractivity contribution in [3.8, 4) is 0 Å². The summed E-state index contributed by atoms with van der Waals surface area (Å²) in [5, 5.41) is 18.5. The molecule has 1 aliphatic rings. The molecule has 2 N–H and O–H groups in total. The number of fused-ring (bicyclic) bond motifs is 1. The van der Waals surface area contributed by atoms with Crippen LogP contribution in [0.3, 0.4) is 0 Å². The average molecular weight is 259 g/mol. The van der Waals surface area contributed by atoms with Gasteiger partial charge in [0.1, 0.15) is 0 Å². The van der Waals surface area contributed by atoms with E-state index < -0.39 is 7.12 Å². The molecule has 1 aromatic carbocycles. The Bertz CT molecular complexity index is 564. The predicted octanol–water partition coefficient (Wildman–Crippen LogP) is 0.915. The molecule has 100 valence electrons. The minimum Gasteiger partial charge on any atom is -0.423 e. The molecule has 0 unspecified atom stereocenters. The summed E-state index contributed by atoms with van der Waals surface area (Å²) in [5.41, 5.74) is 2.74. The van der Waals surface area contributed by atoms with Gasteiger partial charge in [-0.15, -0.1) is 0 Å². The van der Waals surface area contributed by atoms with Crippen molar-refractivity contribution in [1.82, 2.24) is 0 Å². The van der Waals surface area contributed by atoms with E-state index in [0.717, 1.165) is 16.8 Å². The fourth-order valence-corrected chi connectivity index (χ4v) is 2.78. The lowest BCUT2D eigenvalue weighted by Crippen LogP contribution is -2.48. The summed E-state index contributed by atoms with van der Waals surface area (Å²) in [5.74, 6) is -0.0349.